The smallest absolute Gasteiger partial charge is 0.407 e. The second kappa shape index (κ2) is 8.59. The number of fused-ring (bicyclic) bond motifs is 2. The van der Waals surface area contributed by atoms with Crippen LogP contribution in [0.4, 0.5) is 9.59 Å². The molecule has 2 aliphatic rings. The van der Waals surface area contributed by atoms with Crippen molar-refractivity contribution >= 4 is 23.2 Å². The van der Waals surface area contributed by atoms with Gasteiger partial charge in [0.15, 0.2) is 0 Å². The Labute approximate surface area is 205 Å². The number of carboxylic acid groups (broad SMARTS) is 1. The Hall–Kier alpha value is -3.55. The molecule has 1 saturated heterocycles. The van der Waals surface area contributed by atoms with Gasteiger partial charge in [-0.05, 0) is 86.9 Å². The second-order valence-electron chi connectivity index (χ2n) is 10.8. The first-order valence-corrected chi connectivity index (χ1v) is 12.3. The van der Waals surface area contributed by atoms with Crippen molar-refractivity contribution in [3.8, 4) is 11.1 Å². The van der Waals surface area contributed by atoms with E-state index in [9.17, 15) is 14.7 Å². The molecule has 0 aliphatic carbocycles. The third-order valence-electron chi connectivity index (χ3n) is 7.07. The second-order valence-corrected chi connectivity index (χ2v) is 10.8. The fourth-order valence-electron chi connectivity index (χ4n) is 5.35. The SMILES string of the molecule is Cc1c[nH]c2ncc(-c3cc4c(c([C@@H]5CCCN5C(=O)O)c3)CN(C(=O)NC(C)(C)C)CC4)cc12. The van der Waals surface area contributed by atoms with E-state index in [0.717, 1.165) is 58.1 Å². The summed E-state index contributed by atoms with van der Waals surface area (Å²) in [6, 6.07) is 6.17. The summed E-state index contributed by atoms with van der Waals surface area (Å²) < 4.78 is 0. The van der Waals surface area contributed by atoms with Crippen LogP contribution in [0.5, 0.6) is 0 Å². The van der Waals surface area contributed by atoms with Crippen molar-refractivity contribution in [1.29, 1.82) is 0 Å². The molecular formula is C27H33N5O3. The predicted molar refractivity (Wildman–Crippen MR) is 135 cm³/mol. The Morgan fingerprint density at radius 3 is 2.71 bits per heavy atom. The number of benzene rings is 1. The Bertz CT molecular complexity index is 1310. The van der Waals surface area contributed by atoms with E-state index in [1.807, 2.05) is 38.1 Å². The van der Waals surface area contributed by atoms with Crippen LogP contribution in [-0.4, -0.2) is 55.6 Å². The predicted octanol–water partition coefficient (Wildman–Crippen LogP) is 5.22. The van der Waals surface area contributed by atoms with Crippen molar-refractivity contribution in [2.75, 3.05) is 13.1 Å². The zero-order valence-electron chi connectivity index (χ0n) is 20.8. The summed E-state index contributed by atoms with van der Waals surface area (Å²) >= 11 is 0. The molecule has 3 aromatic rings. The maximum atomic E-state index is 12.9. The molecule has 0 radical (unpaired) electrons. The van der Waals surface area contributed by atoms with Crippen molar-refractivity contribution in [3.05, 3.63) is 52.8 Å². The number of hydrogen-bond acceptors (Lipinski definition) is 3. The number of aromatic amines is 1. The summed E-state index contributed by atoms with van der Waals surface area (Å²) in [6.45, 7) is 9.61. The standard InChI is InChI=1S/C27H33N5O3/c1-16-13-28-24-20(16)12-19(14-29-24)18-10-17-7-9-31(25(33)30-27(2,3)4)15-22(17)21(11-18)23-6-5-8-32(23)26(34)35/h10-14,23H,5-9,15H2,1-4H3,(H,28,29)(H,30,33)(H,34,35)/t23-/m0/s1. The number of nitrogens with zero attached hydrogens (tertiary/aromatic N) is 3. The number of likely N-dealkylation sites (tertiary alicyclic amines) is 1. The summed E-state index contributed by atoms with van der Waals surface area (Å²) in [4.78, 5) is 36.2. The largest absolute Gasteiger partial charge is 0.465 e. The van der Waals surface area contributed by atoms with E-state index in [2.05, 4.69) is 40.4 Å². The topological polar surface area (TPSA) is 102 Å². The number of rotatable bonds is 2. The number of pyridine rings is 1. The minimum Gasteiger partial charge on any atom is -0.465 e. The molecule has 2 aromatic heterocycles. The van der Waals surface area contributed by atoms with Crippen LogP contribution in [0, 0.1) is 6.92 Å². The molecule has 2 aliphatic heterocycles. The van der Waals surface area contributed by atoms with E-state index in [1.54, 1.807) is 4.90 Å². The highest BCUT2D eigenvalue weighted by atomic mass is 16.4. The third-order valence-corrected chi connectivity index (χ3v) is 7.07. The normalized spacial score (nSPS) is 18.1. The van der Waals surface area contributed by atoms with Gasteiger partial charge in [-0.3, -0.25) is 0 Å². The van der Waals surface area contributed by atoms with Crippen molar-refractivity contribution in [1.82, 2.24) is 25.1 Å². The van der Waals surface area contributed by atoms with Gasteiger partial charge in [-0.1, -0.05) is 6.07 Å². The number of carbonyl (C=O) groups is 2. The minimum atomic E-state index is -0.893. The van der Waals surface area contributed by atoms with Crippen LogP contribution in [-0.2, 0) is 13.0 Å². The summed E-state index contributed by atoms with van der Waals surface area (Å²) in [7, 11) is 0. The van der Waals surface area contributed by atoms with Crippen LogP contribution >= 0.6 is 0 Å². The maximum absolute atomic E-state index is 12.9. The lowest BCUT2D eigenvalue weighted by Gasteiger charge is -2.35. The first kappa shape index (κ1) is 23.2. The monoisotopic (exact) mass is 475 g/mol. The van der Waals surface area contributed by atoms with Crippen LogP contribution in [0.25, 0.3) is 22.2 Å². The van der Waals surface area contributed by atoms with Crippen molar-refractivity contribution in [3.63, 3.8) is 0 Å². The molecule has 0 unspecified atom stereocenters. The van der Waals surface area contributed by atoms with Crippen molar-refractivity contribution in [2.24, 2.45) is 0 Å². The molecule has 5 rings (SSSR count). The van der Waals surface area contributed by atoms with E-state index in [-0.39, 0.29) is 17.6 Å². The maximum Gasteiger partial charge on any atom is 0.407 e. The zero-order valence-corrected chi connectivity index (χ0v) is 20.8. The van der Waals surface area contributed by atoms with E-state index in [1.165, 1.54) is 5.56 Å². The molecule has 8 nitrogen and oxygen atoms in total. The molecule has 3 amide bonds. The Morgan fingerprint density at radius 1 is 1.17 bits per heavy atom. The summed E-state index contributed by atoms with van der Waals surface area (Å²) in [6.07, 6.45) is 5.28. The fraction of sp³-hybridized carbons (Fsp3) is 0.444. The number of amides is 3. The average Bonchev–Trinajstić information content (AvgIpc) is 3.44. The van der Waals surface area contributed by atoms with Gasteiger partial charge in [0.05, 0.1) is 6.04 Å². The van der Waals surface area contributed by atoms with Crippen molar-refractivity contribution < 1.29 is 14.7 Å². The van der Waals surface area contributed by atoms with Gasteiger partial charge in [0.25, 0.3) is 0 Å². The van der Waals surface area contributed by atoms with E-state index in [0.29, 0.717) is 19.6 Å². The molecule has 1 atom stereocenters. The molecular weight excluding hydrogens is 442 g/mol. The number of H-pyrrole nitrogens is 1. The Kier molecular flexibility index (Phi) is 5.69. The highest BCUT2D eigenvalue weighted by molar-refractivity contribution is 5.85. The lowest BCUT2D eigenvalue weighted by atomic mass is 9.87. The zero-order chi connectivity index (χ0) is 24.9. The van der Waals surface area contributed by atoms with Gasteiger partial charge in [0.2, 0.25) is 0 Å². The molecule has 184 valence electrons. The Morgan fingerprint density at radius 2 is 1.97 bits per heavy atom. The number of aromatic nitrogens is 2. The highest BCUT2D eigenvalue weighted by Crippen LogP contribution is 2.40. The van der Waals surface area contributed by atoms with Crippen LogP contribution in [0.15, 0.2) is 30.6 Å². The molecule has 0 saturated carbocycles. The lowest BCUT2D eigenvalue weighted by molar-refractivity contribution is 0.139. The molecule has 1 aromatic carbocycles. The van der Waals surface area contributed by atoms with Gasteiger partial charge in [0, 0.05) is 48.5 Å². The van der Waals surface area contributed by atoms with Crippen LogP contribution in [0.2, 0.25) is 0 Å². The molecule has 3 N–H and O–H groups in total. The summed E-state index contributed by atoms with van der Waals surface area (Å²) in [5.74, 6) is 0. The fourth-order valence-corrected chi connectivity index (χ4v) is 5.35. The summed E-state index contributed by atoms with van der Waals surface area (Å²) in [5.41, 5.74) is 7.00. The minimum absolute atomic E-state index is 0.0859. The molecule has 8 heteroatoms. The molecule has 0 spiro atoms. The Balaban J connectivity index is 1.59. The molecule has 0 bridgehead atoms. The highest BCUT2D eigenvalue weighted by Gasteiger charge is 2.34. The van der Waals surface area contributed by atoms with Gasteiger partial charge in [-0.2, -0.15) is 0 Å². The van der Waals surface area contributed by atoms with E-state index in [4.69, 9.17) is 0 Å². The number of urea groups is 1. The van der Waals surface area contributed by atoms with Crippen molar-refractivity contribution in [2.45, 2.75) is 65.1 Å². The molecule has 4 heterocycles. The van der Waals surface area contributed by atoms with E-state index < -0.39 is 6.09 Å². The number of aryl methyl sites for hydroxylation is 1. The van der Waals surface area contributed by atoms with Gasteiger partial charge in [-0.25, -0.2) is 14.6 Å². The average molecular weight is 476 g/mol. The van der Waals surface area contributed by atoms with E-state index >= 15 is 0 Å². The molecule has 35 heavy (non-hydrogen) atoms. The van der Waals surface area contributed by atoms with Gasteiger partial charge in [-0.15, -0.1) is 0 Å². The van der Waals surface area contributed by atoms with Crippen LogP contribution in [0.3, 0.4) is 0 Å². The number of hydrogen-bond donors (Lipinski definition) is 3. The van der Waals surface area contributed by atoms with Gasteiger partial charge in [0.1, 0.15) is 5.65 Å². The quantitative estimate of drug-likeness (QED) is 0.473. The first-order chi connectivity index (χ1) is 16.6. The van der Waals surface area contributed by atoms with Crippen LogP contribution < -0.4 is 5.32 Å². The lowest BCUT2D eigenvalue weighted by Crippen LogP contribution is -2.50. The third kappa shape index (κ3) is 4.45. The van der Waals surface area contributed by atoms with Gasteiger partial charge >= 0.3 is 12.1 Å². The van der Waals surface area contributed by atoms with Gasteiger partial charge < -0.3 is 25.2 Å². The first-order valence-electron chi connectivity index (χ1n) is 12.3. The number of nitrogens with one attached hydrogen (secondary N) is 2. The summed E-state index contributed by atoms with van der Waals surface area (Å²) in [5, 5.41) is 14.0. The number of carbonyl (C=O) groups excluding carboxylic acids is 1. The van der Waals surface area contributed by atoms with Crippen LogP contribution in [0.1, 0.15) is 61.9 Å². The molecule has 1 fully saturated rings.